The maximum atomic E-state index is 3.14. The minimum absolute atomic E-state index is 0.170. The van der Waals surface area contributed by atoms with Crippen LogP contribution in [0.2, 0.25) is 0 Å². The fourth-order valence-corrected chi connectivity index (χ4v) is 9.72. The molecule has 37 heavy (non-hydrogen) atoms. The minimum Gasteiger partial charge on any atom is -0.338 e. The molecule has 0 aromatic heterocycles. The van der Waals surface area contributed by atoms with E-state index in [9.17, 15) is 0 Å². The first-order chi connectivity index (χ1) is 18.2. The standard InChI is InChI=1S/C35H46N2/c1-25-15-9-14-24-32(25)36-26(2)33-30-22-12-13-23-31(30)35(29-20-10-11-21-29,28-18-7-4-8-19-28)37(33)34(36)27-16-5-3-6-17-27/h9,12-15,22-24,27-29,34H,3-8,10-11,16-21H2,1-2H3. The average Bonchev–Trinajstić information content (AvgIpc) is 3.65. The van der Waals surface area contributed by atoms with Gasteiger partial charge in [0.15, 0.2) is 0 Å². The van der Waals surface area contributed by atoms with Crippen LogP contribution in [0.25, 0.3) is 5.70 Å². The van der Waals surface area contributed by atoms with Gasteiger partial charge in [0.2, 0.25) is 0 Å². The number of hydrogen-bond acceptors (Lipinski definition) is 2. The van der Waals surface area contributed by atoms with E-state index >= 15 is 0 Å². The normalized spacial score (nSPS) is 29.3. The predicted octanol–water partition coefficient (Wildman–Crippen LogP) is 9.39. The number of benzene rings is 2. The lowest BCUT2D eigenvalue weighted by Gasteiger charge is -2.55. The van der Waals surface area contributed by atoms with Crippen molar-refractivity contribution < 1.29 is 0 Å². The molecule has 3 saturated carbocycles. The Morgan fingerprint density at radius 2 is 1.22 bits per heavy atom. The second-order valence-corrected chi connectivity index (χ2v) is 13.0. The van der Waals surface area contributed by atoms with E-state index in [4.69, 9.17) is 0 Å². The van der Waals surface area contributed by atoms with Crippen LogP contribution >= 0.6 is 0 Å². The van der Waals surface area contributed by atoms with Crippen LogP contribution in [0.4, 0.5) is 5.69 Å². The summed E-state index contributed by atoms with van der Waals surface area (Å²) in [5.41, 5.74) is 9.40. The molecule has 2 atom stereocenters. The Morgan fingerprint density at radius 3 is 1.89 bits per heavy atom. The monoisotopic (exact) mass is 494 g/mol. The summed E-state index contributed by atoms with van der Waals surface area (Å²) in [6.45, 7) is 4.79. The van der Waals surface area contributed by atoms with Gasteiger partial charge in [-0.15, -0.1) is 0 Å². The van der Waals surface area contributed by atoms with Gasteiger partial charge in [0.05, 0.1) is 11.2 Å². The van der Waals surface area contributed by atoms with Gasteiger partial charge >= 0.3 is 0 Å². The molecule has 0 bridgehead atoms. The summed E-state index contributed by atoms with van der Waals surface area (Å²) in [6.07, 6.45) is 20.2. The first kappa shape index (κ1) is 23.9. The van der Waals surface area contributed by atoms with Gasteiger partial charge in [-0.2, -0.15) is 0 Å². The second kappa shape index (κ2) is 9.51. The Balaban J connectivity index is 1.49. The van der Waals surface area contributed by atoms with Crippen molar-refractivity contribution in [3.8, 4) is 0 Å². The molecule has 5 aliphatic rings. The molecule has 0 amide bonds. The molecule has 0 spiro atoms. The van der Waals surface area contributed by atoms with Crippen molar-refractivity contribution in [1.82, 2.24) is 4.90 Å². The molecule has 2 nitrogen and oxygen atoms in total. The topological polar surface area (TPSA) is 6.48 Å². The van der Waals surface area contributed by atoms with Crippen molar-refractivity contribution in [2.75, 3.05) is 4.90 Å². The van der Waals surface area contributed by atoms with Crippen LogP contribution in [0, 0.1) is 24.7 Å². The van der Waals surface area contributed by atoms with Gasteiger partial charge in [0.1, 0.15) is 6.17 Å². The summed E-state index contributed by atoms with van der Waals surface area (Å²) in [5, 5.41) is 0. The maximum absolute atomic E-state index is 3.14. The summed E-state index contributed by atoms with van der Waals surface area (Å²) in [4.78, 5) is 5.98. The van der Waals surface area contributed by atoms with Crippen LogP contribution in [0.3, 0.4) is 0 Å². The highest BCUT2D eigenvalue weighted by molar-refractivity contribution is 5.83. The summed E-state index contributed by atoms with van der Waals surface area (Å²) in [5.74, 6) is 2.29. The number of anilines is 1. The van der Waals surface area contributed by atoms with Gasteiger partial charge < -0.3 is 9.80 Å². The molecule has 0 radical (unpaired) electrons. The summed E-state index contributed by atoms with van der Waals surface area (Å²) in [6, 6.07) is 18.9. The zero-order valence-corrected chi connectivity index (χ0v) is 23.2. The quantitative estimate of drug-likeness (QED) is 0.418. The Bertz CT molecular complexity index is 1160. The first-order valence-corrected chi connectivity index (χ1v) is 15.7. The van der Waals surface area contributed by atoms with Crippen LogP contribution < -0.4 is 4.90 Å². The summed E-state index contributed by atoms with van der Waals surface area (Å²) >= 11 is 0. The molecule has 2 aliphatic heterocycles. The van der Waals surface area contributed by atoms with Crippen LogP contribution in [-0.2, 0) is 5.54 Å². The largest absolute Gasteiger partial charge is 0.338 e. The number of allylic oxidation sites excluding steroid dienone is 1. The van der Waals surface area contributed by atoms with Crippen molar-refractivity contribution in [2.24, 2.45) is 17.8 Å². The van der Waals surface area contributed by atoms with E-state index < -0.39 is 0 Å². The maximum Gasteiger partial charge on any atom is 0.110 e. The van der Waals surface area contributed by atoms with Crippen LogP contribution in [0.5, 0.6) is 0 Å². The highest BCUT2D eigenvalue weighted by Crippen LogP contribution is 2.65. The van der Waals surface area contributed by atoms with Gasteiger partial charge in [-0.25, -0.2) is 0 Å². The van der Waals surface area contributed by atoms with Gasteiger partial charge in [-0.1, -0.05) is 93.8 Å². The number of rotatable bonds is 4. The molecule has 2 aromatic rings. The Morgan fingerprint density at radius 1 is 0.649 bits per heavy atom. The van der Waals surface area contributed by atoms with E-state index in [2.05, 4.69) is 72.2 Å². The van der Waals surface area contributed by atoms with Crippen molar-refractivity contribution in [1.29, 1.82) is 0 Å². The molecule has 7 rings (SSSR count). The van der Waals surface area contributed by atoms with Crippen molar-refractivity contribution in [3.63, 3.8) is 0 Å². The van der Waals surface area contributed by atoms with Crippen molar-refractivity contribution in [3.05, 3.63) is 70.9 Å². The van der Waals surface area contributed by atoms with Gasteiger partial charge in [0.25, 0.3) is 0 Å². The molecule has 3 fully saturated rings. The summed E-state index contributed by atoms with van der Waals surface area (Å²) in [7, 11) is 0. The molecule has 2 aromatic carbocycles. The Labute approximate surface area is 225 Å². The molecular formula is C35H46N2. The highest BCUT2D eigenvalue weighted by Gasteiger charge is 2.62. The number of fused-ring (bicyclic) bond motifs is 3. The van der Waals surface area contributed by atoms with Crippen molar-refractivity contribution in [2.45, 2.75) is 115 Å². The van der Waals surface area contributed by atoms with Crippen LogP contribution in [0.1, 0.15) is 114 Å². The first-order valence-electron chi connectivity index (χ1n) is 15.7. The van der Waals surface area contributed by atoms with Crippen LogP contribution in [-0.4, -0.2) is 11.1 Å². The zero-order valence-electron chi connectivity index (χ0n) is 23.2. The van der Waals surface area contributed by atoms with E-state index in [1.165, 1.54) is 107 Å². The molecular weight excluding hydrogens is 448 g/mol. The molecule has 2 heteroatoms. The number of hydrogen-bond donors (Lipinski definition) is 0. The highest BCUT2D eigenvalue weighted by atomic mass is 15.5. The number of aryl methyl sites for hydroxylation is 1. The van der Waals surface area contributed by atoms with Crippen molar-refractivity contribution >= 4 is 11.4 Å². The van der Waals surface area contributed by atoms with E-state index in [-0.39, 0.29) is 5.54 Å². The molecule has 0 saturated heterocycles. The predicted molar refractivity (Wildman–Crippen MR) is 155 cm³/mol. The van der Waals surface area contributed by atoms with E-state index in [1.54, 1.807) is 16.8 Å². The summed E-state index contributed by atoms with van der Waals surface area (Å²) < 4.78 is 0. The van der Waals surface area contributed by atoms with Gasteiger partial charge in [-0.05, 0) is 87.3 Å². The third-order valence-electron chi connectivity index (χ3n) is 11.1. The van der Waals surface area contributed by atoms with E-state index in [0.29, 0.717) is 6.17 Å². The lowest BCUT2D eigenvalue weighted by Crippen LogP contribution is -2.59. The van der Waals surface area contributed by atoms with Crippen LogP contribution in [0.15, 0.2) is 54.2 Å². The Kier molecular flexibility index (Phi) is 6.13. The SMILES string of the molecule is CC1=C2c3ccccc3C(C3CCCCC3)(C3CCCC3)N2C(C2CCCCC2)N1c1ccccc1C. The average molecular weight is 495 g/mol. The fraction of sp³-hybridized carbons (Fsp3) is 0.600. The number of nitrogens with zero attached hydrogens (tertiary/aromatic N) is 2. The molecule has 196 valence electrons. The second-order valence-electron chi connectivity index (χ2n) is 13.0. The lowest BCUT2D eigenvalue weighted by atomic mass is 9.63. The smallest absolute Gasteiger partial charge is 0.110 e. The van der Waals surface area contributed by atoms with Gasteiger partial charge in [0, 0.05) is 16.9 Å². The molecule has 0 N–H and O–H groups in total. The third kappa shape index (κ3) is 3.50. The Hall–Kier alpha value is -2.22. The van der Waals surface area contributed by atoms with E-state index in [0.717, 1.165) is 17.8 Å². The zero-order chi connectivity index (χ0) is 25.0. The molecule has 3 aliphatic carbocycles. The third-order valence-corrected chi connectivity index (χ3v) is 11.1. The van der Waals surface area contributed by atoms with Gasteiger partial charge in [-0.3, -0.25) is 0 Å². The molecule has 2 heterocycles. The van der Waals surface area contributed by atoms with E-state index in [1.807, 2.05) is 0 Å². The number of para-hydroxylation sites is 1. The minimum atomic E-state index is 0.170. The fourth-order valence-electron chi connectivity index (χ4n) is 9.72. The molecule has 2 unspecified atom stereocenters. The lowest BCUT2D eigenvalue weighted by molar-refractivity contribution is -0.0247.